The maximum atomic E-state index is 12.8. The molecule has 7 heteroatoms. The van der Waals surface area contributed by atoms with Crippen LogP contribution in [0.3, 0.4) is 0 Å². The van der Waals surface area contributed by atoms with Gasteiger partial charge < -0.3 is 20.1 Å². The number of halogens is 1. The molecule has 0 aromatic heterocycles. The molecule has 2 N–H and O–H groups in total. The first-order chi connectivity index (χ1) is 13.1. The summed E-state index contributed by atoms with van der Waals surface area (Å²) >= 11 is 0. The van der Waals surface area contributed by atoms with E-state index in [4.69, 9.17) is 9.47 Å². The Morgan fingerprint density at radius 1 is 1.00 bits per heavy atom. The van der Waals surface area contributed by atoms with Crippen molar-refractivity contribution in [2.45, 2.75) is 6.42 Å². The summed E-state index contributed by atoms with van der Waals surface area (Å²) < 4.78 is 23.3. The van der Waals surface area contributed by atoms with Crippen molar-refractivity contribution in [3.63, 3.8) is 0 Å². The van der Waals surface area contributed by atoms with Crippen molar-refractivity contribution in [3.8, 4) is 11.5 Å². The van der Waals surface area contributed by atoms with Gasteiger partial charge in [-0.05, 0) is 41.5 Å². The minimum absolute atomic E-state index is 0.165. The Kier molecular flexibility index (Phi) is 6.04. The van der Waals surface area contributed by atoms with Crippen LogP contribution in [0.5, 0.6) is 11.5 Å². The molecule has 0 spiro atoms. The van der Waals surface area contributed by atoms with Crippen LogP contribution in [0.4, 0.5) is 4.39 Å². The van der Waals surface area contributed by atoms with E-state index in [0.29, 0.717) is 24.6 Å². The number of carbonyl (C=O) groups is 2. The second kappa shape index (κ2) is 8.84. The fourth-order valence-corrected chi connectivity index (χ4v) is 2.49. The van der Waals surface area contributed by atoms with Crippen molar-refractivity contribution >= 4 is 17.9 Å². The third-order valence-electron chi connectivity index (χ3n) is 3.85. The minimum atomic E-state index is -0.337. The molecule has 2 aromatic carbocycles. The number of nitrogens with one attached hydrogen (secondary N) is 2. The molecule has 0 aliphatic carbocycles. The van der Waals surface area contributed by atoms with Crippen LogP contribution in [0.1, 0.15) is 11.1 Å². The highest BCUT2D eigenvalue weighted by Gasteiger charge is 2.12. The zero-order valence-electron chi connectivity index (χ0n) is 14.5. The van der Waals surface area contributed by atoms with Gasteiger partial charge in [0.2, 0.25) is 18.6 Å². The first-order valence-corrected chi connectivity index (χ1v) is 8.47. The predicted octanol–water partition coefficient (Wildman–Crippen LogP) is 2.04. The molecule has 1 aliphatic heterocycles. The van der Waals surface area contributed by atoms with Crippen LogP contribution in [-0.2, 0) is 16.0 Å². The fraction of sp³-hybridized carbons (Fsp3) is 0.200. The van der Waals surface area contributed by atoms with Gasteiger partial charge in [-0.25, -0.2) is 4.39 Å². The van der Waals surface area contributed by atoms with E-state index in [-0.39, 0.29) is 30.8 Å². The van der Waals surface area contributed by atoms with E-state index in [1.807, 2.05) is 6.07 Å². The third-order valence-corrected chi connectivity index (χ3v) is 3.85. The Labute approximate surface area is 156 Å². The topological polar surface area (TPSA) is 76.7 Å². The van der Waals surface area contributed by atoms with Gasteiger partial charge in [-0.15, -0.1) is 0 Å². The smallest absolute Gasteiger partial charge is 0.244 e. The summed E-state index contributed by atoms with van der Waals surface area (Å²) in [5, 5.41) is 5.39. The number of hydrogen-bond donors (Lipinski definition) is 2. The van der Waals surface area contributed by atoms with Crippen LogP contribution in [0.2, 0.25) is 0 Å². The molecule has 2 aromatic rings. The highest BCUT2D eigenvalue weighted by molar-refractivity contribution is 5.91. The van der Waals surface area contributed by atoms with Crippen molar-refractivity contribution in [1.29, 1.82) is 0 Å². The molecular formula is C20H19FN2O4. The summed E-state index contributed by atoms with van der Waals surface area (Å²) in [6.45, 7) is 0.818. The predicted molar refractivity (Wildman–Crippen MR) is 97.7 cm³/mol. The molecule has 0 saturated heterocycles. The summed E-state index contributed by atoms with van der Waals surface area (Å²) in [6.07, 6.45) is 3.25. The zero-order chi connectivity index (χ0) is 19.1. The Bertz CT molecular complexity index is 850. The van der Waals surface area contributed by atoms with E-state index < -0.39 is 0 Å². The molecule has 0 bridgehead atoms. The summed E-state index contributed by atoms with van der Waals surface area (Å²) in [5.74, 6) is 0.553. The molecule has 27 heavy (non-hydrogen) atoms. The maximum absolute atomic E-state index is 12.8. The van der Waals surface area contributed by atoms with E-state index in [9.17, 15) is 14.0 Å². The number of carbonyl (C=O) groups excluding carboxylic acids is 2. The van der Waals surface area contributed by atoms with Crippen molar-refractivity contribution in [3.05, 3.63) is 65.5 Å². The van der Waals surface area contributed by atoms with Crippen LogP contribution in [0.15, 0.2) is 48.5 Å². The van der Waals surface area contributed by atoms with Gasteiger partial charge in [0.1, 0.15) is 5.82 Å². The molecule has 0 saturated carbocycles. The standard InChI is InChI=1S/C20H19FN2O4/c21-16-5-1-15(2-6-16)12-20(25)23-10-9-22-19(24)8-4-14-3-7-17-18(11-14)27-13-26-17/h1-8,11H,9-10,12-13H2,(H,22,24)(H,23,25). The molecule has 3 rings (SSSR count). The molecule has 1 heterocycles. The first kappa shape index (κ1) is 18.4. The van der Waals surface area contributed by atoms with Crippen molar-refractivity contribution in [1.82, 2.24) is 10.6 Å². The van der Waals surface area contributed by atoms with Crippen LogP contribution in [-0.4, -0.2) is 31.7 Å². The molecule has 1 aliphatic rings. The molecule has 2 amide bonds. The average Bonchev–Trinajstić information content (AvgIpc) is 3.13. The van der Waals surface area contributed by atoms with E-state index in [2.05, 4.69) is 10.6 Å². The summed E-state index contributed by atoms with van der Waals surface area (Å²) in [4.78, 5) is 23.6. The monoisotopic (exact) mass is 370 g/mol. The fourth-order valence-electron chi connectivity index (χ4n) is 2.49. The third kappa shape index (κ3) is 5.57. The molecule has 0 atom stereocenters. The van der Waals surface area contributed by atoms with Gasteiger partial charge in [0.05, 0.1) is 6.42 Å². The van der Waals surface area contributed by atoms with E-state index >= 15 is 0 Å². The van der Waals surface area contributed by atoms with Crippen molar-refractivity contribution in [2.75, 3.05) is 19.9 Å². The van der Waals surface area contributed by atoms with Gasteiger partial charge in [-0.3, -0.25) is 9.59 Å². The quantitative estimate of drug-likeness (QED) is 0.578. The van der Waals surface area contributed by atoms with Gasteiger partial charge in [-0.1, -0.05) is 18.2 Å². The molecule has 0 unspecified atom stereocenters. The SMILES string of the molecule is O=C(C=Cc1ccc2c(c1)OCO2)NCCNC(=O)Cc1ccc(F)cc1. The second-order valence-corrected chi connectivity index (χ2v) is 5.89. The number of rotatable bonds is 7. The number of hydrogen-bond acceptors (Lipinski definition) is 4. The zero-order valence-corrected chi connectivity index (χ0v) is 14.5. The average molecular weight is 370 g/mol. The highest BCUT2D eigenvalue weighted by Crippen LogP contribution is 2.32. The summed E-state index contributed by atoms with van der Waals surface area (Å²) in [5.41, 5.74) is 1.55. The van der Waals surface area contributed by atoms with E-state index in [1.54, 1.807) is 30.3 Å². The maximum Gasteiger partial charge on any atom is 0.244 e. The van der Waals surface area contributed by atoms with Gasteiger partial charge in [0.25, 0.3) is 0 Å². The van der Waals surface area contributed by atoms with E-state index in [0.717, 1.165) is 11.1 Å². The summed E-state index contributed by atoms with van der Waals surface area (Å²) in [6, 6.07) is 11.2. The van der Waals surface area contributed by atoms with Crippen LogP contribution >= 0.6 is 0 Å². The normalized spacial score (nSPS) is 12.2. The molecule has 0 fully saturated rings. The van der Waals surface area contributed by atoms with E-state index in [1.165, 1.54) is 18.2 Å². The molecule has 6 nitrogen and oxygen atoms in total. The highest BCUT2D eigenvalue weighted by atomic mass is 19.1. The number of benzene rings is 2. The van der Waals surface area contributed by atoms with Gasteiger partial charge in [0.15, 0.2) is 11.5 Å². The largest absolute Gasteiger partial charge is 0.454 e. The number of fused-ring (bicyclic) bond motifs is 1. The second-order valence-electron chi connectivity index (χ2n) is 5.89. The van der Waals surface area contributed by atoms with Crippen LogP contribution < -0.4 is 20.1 Å². The molecule has 0 radical (unpaired) electrons. The van der Waals surface area contributed by atoms with Crippen LogP contribution in [0.25, 0.3) is 6.08 Å². The lowest BCUT2D eigenvalue weighted by molar-refractivity contribution is -0.121. The Morgan fingerprint density at radius 3 is 2.56 bits per heavy atom. The van der Waals surface area contributed by atoms with Gasteiger partial charge in [0, 0.05) is 19.2 Å². The van der Waals surface area contributed by atoms with Gasteiger partial charge >= 0.3 is 0 Å². The number of amides is 2. The first-order valence-electron chi connectivity index (χ1n) is 8.47. The Morgan fingerprint density at radius 2 is 1.74 bits per heavy atom. The van der Waals surface area contributed by atoms with Crippen LogP contribution in [0, 0.1) is 5.82 Å². The Hall–Kier alpha value is -3.35. The lowest BCUT2D eigenvalue weighted by Crippen LogP contribution is -2.34. The van der Waals surface area contributed by atoms with Crippen molar-refractivity contribution in [2.24, 2.45) is 0 Å². The van der Waals surface area contributed by atoms with Crippen molar-refractivity contribution < 1.29 is 23.5 Å². The lowest BCUT2D eigenvalue weighted by Gasteiger charge is -2.06. The summed E-state index contributed by atoms with van der Waals surface area (Å²) in [7, 11) is 0. The molecule has 140 valence electrons. The number of ether oxygens (including phenoxy) is 2. The molecular weight excluding hydrogens is 351 g/mol. The van der Waals surface area contributed by atoms with Gasteiger partial charge in [-0.2, -0.15) is 0 Å². The minimum Gasteiger partial charge on any atom is -0.454 e. The Balaban J connectivity index is 1.35. The lowest BCUT2D eigenvalue weighted by atomic mass is 10.1.